The van der Waals surface area contributed by atoms with Gasteiger partial charge in [0.25, 0.3) is 5.56 Å². The molecule has 0 saturated heterocycles. The summed E-state index contributed by atoms with van der Waals surface area (Å²) in [6, 6.07) is 24.7. The van der Waals surface area contributed by atoms with Crippen LogP contribution in [0.15, 0.2) is 94.8 Å². The maximum atomic E-state index is 13.5. The first-order chi connectivity index (χ1) is 19.9. The zero-order chi connectivity index (χ0) is 28.9. The van der Waals surface area contributed by atoms with E-state index in [0.29, 0.717) is 39.5 Å². The predicted octanol–water partition coefficient (Wildman–Crippen LogP) is 5.50. The molecule has 0 saturated carbocycles. The van der Waals surface area contributed by atoms with E-state index in [-0.39, 0.29) is 16.9 Å². The molecule has 5 rings (SSSR count). The summed E-state index contributed by atoms with van der Waals surface area (Å²) in [5.74, 6) is 0.989. The van der Waals surface area contributed by atoms with Crippen LogP contribution >= 0.6 is 0 Å². The minimum Gasteiger partial charge on any atom is -0.493 e. The molecule has 1 heterocycles. The molecule has 4 aromatic carbocycles. The van der Waals surface area contributed by atoms with Gasteiger partial charge in [0.1, 0.15) is 5.75 Å². The van der Waals surface area contributed by atoms with Crippen molar-refractivity contribution in [1.82, 2.24) is 9.66 Å². The first-order valence-electron chi connectivity index (χ1n) is 12.7. The van der Waals surface area contributed by atoms with Gasteiger partial charge in [-0.25, -0.2) is 9.78 Å². The van der Waals surface area contributed by atoms with Crippen molar-refractivity contribution in [2.24, 2.45) is 5.10 Å². The van der Waals surface area contributed by atoms with Gasteiger partial charge in [-0.2, -0.15) is 9.78 Å². The number of benzene rings is 4. The fraction of sp³-hybridized carbons (Fsp3) is 0.125. The summed E-state index contributed by atoms with van der Waals surface area (Å²) in [4.78, 5) is 31.5. The molecule has 0 aliphatic carbocycles. The third-order valence-electron chi connectivity index (χ3n) is 6.36. The fourth-order valence-electron chi connectivity index (χ4n) is 4.36. The van der Waals surface area contributed by atoms with E-state index in [0.717, 1.165) is 11.1 Å². The topological polar surface area (TPSA) is 101 Å². The van der Waals surface area contributed by atoms with Gasteiger partial charge in [-0.3, -0.25) is 4.79 Å². The fourth-order valence-corrected chi connectivity index (χ4v) is 4.36. The lowest BCUT2D eigenvalue weighted by Gasteiger charge is -2.14. The first-order valence-corrected chi connectivity index (χ1v) is 12.7. The van der Waals surface area contributed by atoms with Crippen LogP contribution in [0.1, 0.15) is 21.5 Å². The first kappa shape index (κ1) is 27.1. The second-order valence-corrected chi connectivity index (χ2v) is 9.02. The van der Waals surface area contributed by atoms with E-state index >= 15 is 0 Å². The van der Waals surface area contributed by atoms with Crippen LogP contribution in [-0.4, -0.2) is 43.2 Å². The molecular weight excluding hydrogens is 522 g/mol. The SMILES string of the molecule is COc1cc(C(=O)Oc2ccccc2C=Nn2c(-c3cccc(C)c3)nc3ccccc3c2=O)cc(OC)c1OC. The molecule has 0 aliphatic heterocycles. The minimum absolute atomic E-state index is 0.197. The van der Waals surface area contributed by atoms with Crippen molar-refractivity contribution < 1.29 is 23.7 Å². The summed E-state index contributed by atoms with van der Waals surface area (Å²) < 4.78 is 23.0. The van der Waals surface area contributed by atoms with E-state index in [9.17, 15) is 9.59 Å². The van der Waals surface area contributed by atoms with Gasteiger partial charge in [-0.15, -0.1) is 0 Å². The number of hydrogen-bond acceptors (Lipinski definition) is 8. The standard InChI is InChI=1S/C32H27N3O6/c1-20-10-9-12-21(16-20)30-34-25-14-7-6-13-24(25)31(36)35(30)33-19-22-11-5-8-15-26(22)41-32(37)23-17-27(38-2)29(40-4)28(18-23)39-3/h5-19H,1-4H3. The number of hydrogen-bond donors (Lipinski definition) is 0. The molecular formula is C32H27N3O6. The molecule has 41 heavy (non-hydrogen) atoms. The Morgan fingerprint density at radius 3 is 2.24 bits per heavy atom. The van der Waals surface area contributed by atoms with Gasteiger partial charge in [0.05, 0.1) is 44.0 Å². The monoisotopic (exact) mass is 549 g/mol. The molecule has 9 heteroatoms. The van der Waals surface area contributed by atoms with Crippen molar-refractivity contribution in [2.45, 2.75) is 6.92 Å². The summed E-state index contributed by atoms with van der Waals surface area (Å²) in [6.45, 7) is 1.97. The maximum absolute atomic E-state index is 13.5. The number of carbonyl (C=O) groups excluding carboxylic acids is 1. The average molecular weight is 550 g/mol. The van der Waals surface area contributed by atoms with Crippen LogP contribution in [0, 0.1) is 6.92 Å². The van der Waals surface area contributed by atoms with E-state index < -0.39 is 5.97 Å². The normalized spacial score (nSPS) is 11.0. The Hall–Kier alpha value is -5.44. The number of para-hydroxylation sites is 2. The highest BCUT2D eigenvalue weighted by Crippen LogP contribution is 2.38. The van der Waals surface area contributed by atoms with E-state index in [4.69, 9.17) is 23.9 Å². The number of aryl methyl sites for hydroxylation is 1. The lowest BCUT2D eigenvalue weighted by molar-refractivity contribution is 0.0733. The Labute approximate surface area is 236 Å². The molecule has 0 N–H and O–H groups in total. The second kappa shape index (κ2) is 11.7. The summed E-state index contributed by atoms with van der Waals surface area (Å²) in [5.41, 5.74) is 2.68. The zero-order valence-electron chi connectivity index (χ0n) is 23.0. The number of nitrogens with zero attached hydrogens (tertiary/aromatic N) is 3. The molecule has 0 amide bonds. The summed E-state index contributed by atoms with van der Waals surface area (Å²) in [5, 5.41) is 4.95. The highest BCUT2D eigenvalue weighted by Gasteiger charge is 2.19. The third-order valence-corrected chi connectivity index (χ3v) is 6.36. The Balaban J connectivity index is 1.54. The molecule has 0 unspecified atom stereocenters. The van der Waals surface area contributed by atoms with Crippen LogP contribution in [-0.2, 0) is 0 Å². The number of fused-ring (bicyclic) bond motifs is 1. The van der Waals surface area contributed by atoms with Gasteiger partial charge in [0.2, 0.25) is 5.75 Å². The molecule has 0 fully saturated rings. The van der Waals surface area contributed by atoms with Gasteiger partial charge in [-0.1, -0.05) is 48.0 Å². The van der Waals surface area contributed by atoms with Crippen molar-refractivity contribution in [3.63, 3.8) is 0 Å². The van der Waals surface area contributed by atoms with Crippen molar-refractivity contribution in [1.29, 1.82) is 0 Å². The highest BCUT2D eigenvalue weighted by atomic mass is 16.5. The molecule has 0 atom stereocenters. The van der Waals surface area contributed by atoms with Crippen molar-refractivity contribution in [3.8, 4) is 34.4 Å². The number of aromatic nitrogens is 2. The molecule has 0 radical (unpaired) electrons. The lowest BCUT2D eigenvalue weighted by Crippen LogP contribution is -2.20. The lowest BCUT2D eigenvalue weighted by atomic mass is 10.1. The molecule has 1 aromatic heterocycles. The minimum atomic E-state index is -0.643. The number of ether oxygens (including phenoxy) is 4. The van der Waals surface area contributed by atoms with E-state index in [1.165, 1.54) is 44.4 Å². The van der Waals surface area contributed by atoms with Crippen molar-refractivity contribution in [2.75, 3.05) is 21.3 Å². The van der Waals surface area contributed by atoms with Crippen LogP contribution in [0.3, 0.4) is 0 Å². The average Bonchev–Trinajstić information content (AvgIpc) is 3.00. The molecule has 206 valence electrons. The molecule has 9 nitrogen and oxygen atoms in total. The molecule has 0 spiro atoms. The van der Waals surface area contributed by atoms with Crippen molar-refractivity contribution in [3.05, 3.63) is 112 Å². The number of rotatable bonds is 8. The quantitative estimate of drug-likeness (QED) is 0.143. The van der Waals surface area contributed by atoms with Crippen LogP contribution in [0.4, 0.5) is 0 Å². The van der Waals surface area contributed by atoms with Crippen LogP contribution in [0.25, 0.3) is 22.3 Å². The van der Waals surface area contributed by atoms with Gasteiger partial charge in [0.15, 0.2) is 17.3 Å². The Kier molecular flexibility index (Phi) is 7.78. The van der Waals surface area contributed by atoms with Gasteiger partial charge in [-0.05, 0) is 49.4 Å². The molecule has 0 bridgehead atoms. The Bertz CT molecular complexity index is 1820. The van der Waals surface area contributed by atoms with Crippen LogP contribution in [0.2, 0.25) is 0 Å². The van der Waals surface area contributed by atoms with E-state index in [2.05, 4.69) is 5.10 Å². The molecule has 5 aromatic rings. The van der Waals surface area contributed by atoms with Crippen LogP contribution in [0.5, 0.6) is 23.0 Å². The van der Waals surface area contributed by atoms with Crippen LogP contribution < -0.4 is 24.5 Å². The van der Waals surface area contributed by atoms with Crippen molar-refractivity contribution >= 4 is 23.1 Å². The predicted molar refractivity (Wildman–Crippen MR) is 157 cm³/mol. The largest absolute Gasteiger partial charge is 0.493 e. The maximum Gasteiger partial charge on any atom is 0.343 e. The van der Waals surface area contributed by atoms with Gasteiger partial charge < -0.3 is 18.9 Å². The highest BCUT2D eigenvalue weighted by molar-refractivity contribution is 5.94. The Morgan fingerprint density at radius 1 is 0.829 bits per heavy atom. The summed E-state index contributed by atoms with van der Waals surface area (Å²) >= 11 is 0. The number of esters is 1. The van der Waals surface area contributed by atoms with Gasteiger partial charge in [0, 0.05) is 11.1 Å². The van der Waals surface area contributed by atoms with E-state index in [1.807, 2.05) is 37.3 Å². The number of methoxy groups -OCH3 is 3. The van der Waals surface area contributed by atoms with Gasteiger partial charge >= 0.3 is 5.97 Å². The smallest absolute Gasteiger partial charge is 0.343 e. The molecule has 0 aliphatic rings. The summed E-state index contributed by atoms with van der Waals surface area (Å²) in [7, 11) is 4.41. The Morgan fingerprint density at radius 2 is 1.54 bits per heavy atom. The number of carbonyl (C=O) groups is 1. The van der Waals surface area contributed by atoms with E-state index in [1.54, 1.807) is 42.5 Å². The second-order valence-electron chi connectivity index (χ2n) is 9.02. The summed E-state index contributed by atoms with van der Waals surface area (Å²) in [6.07, 6.45) is 1.47. The zero-order valence-corrected chi connectivity index (χ0v) is 23.0. The third kappa shape index (κ3) is 5.51.